The SMILES string of the molecule is C=CC(=O)N1CC(N2CCN(C(=O)CCc3cc(C4CC4)c(Cl)cc3Nc3nccs3)CC2)C1. The van der Waals surface area contributed by atoms with Crippen LogP contribution in [0.2, 0.25) is 5.02 Å². The Morgan fingerprint density at radius 3 is 2.59 bits per heavy atom. The Kier molecular flexibility index (Phi) is 6.90. The zero-order valence-corrected chi connectivity index (χ0v) is 20.8. The minimum Gasteiger partial charge on any atom is -0.340 e. The zero-order valence-electron chi connectivity index (χ0n) is 19.2. The van der Waals surface area contributed by atoms with Crippen molar-refractivity contribution in [1.82, 2.24) is 19.7 Å². The molecule has 0 bridgehead atoms. The second kappa shape index (κ2) is 10.1. The van der Waals surface area contributed by atoms with E-state index >= 15 is 0 Å². The Hall–Kier alpha value is -2.42. The van der Waals surface area contributed by atoms with Crippen molar-refractivity contribution in [3.8, 4) is 0 Å². The first-order chi connectivity index (χ1) is 16.5. The van der Waals surface area contributed by atoms with Crippen molar-refractivity contribution >= 4 is 45.6 Å². The molecule has 1 aromatic heterocycles. The molecule has 0 atom stereocenters. The Labute approximate surface area is 209 Å². The molecule has 1 N–H and O–H groups in total. The molecule has 2 saturated heterocycles. The van der Waals surface area contributed by atoms with Crippen molar-refractivity contribution in [1.29, 1.82) is 0 Å². The summed E-state index contributed by atoms with van der Waals surface area (Å²) in [6.07, 6.45) is 6.66. The number of piperazine rings is 1. The van der Waals surface area contributed by atoms with Gasteiger partial charge in [-0.1, -0.05) is 24.2 Å². The quantitative estimate of drug-likeness (QED) is 0.558. The number of likely N-dealkylation sites (tertiary alicyclic amines) is 1. The van der Waals surface area contributed by atoms with Crippen LogP contribution >= 0.6 is 22.9 Å². The molecular formula is C25H30ClN5O2S. The number of rotatable bonds is 8. The molecule has 0 spiro atoms. The molecular weight excluding hydrogens is 470 g/mol. The highest BCUT2D eigenvalue weighted by Crippen LogP contribution is 2.45. The van der Waals surface area contributed by atoms with Gasteiger partial charge in [-0.3, -0.25) is 14.5 Å². The molecule has 0 radical (unpaired) electrons. The molecule has 3 fully saturated rings. The molecule has 1 aromatic carbocycles. The summed E-state index contributed by atoms with van der Waals surface area (Å²) in [4.78, 5) is 35.2. The number of benzene rings is 1. The van der Waals surface area contributed by atoms with Gasteiger partial charge in [-0.05, 0) is 48.4 Å². The minimum absolute atomic E-state index is 0.000764. The van der Waals surface area contributed by atoms with E-state index in [-0.39, 0.29) is 11.8 Å². The van der Waals surface area contributed by atoms with Gasteiger partial charge in [-0.2, -0.15) is 0 Å². The molecule has 9 heteroatoms. The number of nitrogens with zero attached hydrogens (tertiary/aromatic N) is 4. The first-order valence-electron chi connectivity index (χ1n) is 11.9. The molecule has 3 aliphatic rings. The summed E-state index contributed by atoms with van der Waals surface area (Å²) in [5.74, 6) is 0.744. The highest BCUT2D eigenvalue weighted by Gasteiger charge is 2.35. The van der Waals surface area contributed by atoms with Gasteiger partial charge in [0.15, 0.2) is 5.13 Å². The predicted molar refractivity (Wildman–Crippen MR) is 136 cm³/mol. The Morgan fingerprint density at radius 1 is 1.18 bits per heavy atom. The number of thiazole rings is 1. The van der Waals surface area contributed by atoms with E-state index in [9.17, 15) is 9.59 Å². The van der Waals surface area contributed by atoms with Gasteiger partial charge in [-0.15, -0.1) is 11.3 Å². The van der Waals surface area contributed by atoms with Gasteiger partial charge >= 0.3 is 0 Å². The molecule has 0 unspecified atom stereocenters. The van der Waals surface area contributed by atoms with E-state index in [1.54, 1.807) is 17.5 Å². The van der Waals surface area contributed by atoms with Crippen LogP contribution in [-0.2, 0) is 16.0 Å². The molecule has 1 aliphatic carbocycles. The van der Waals surface area contributed by atoms with E-state index < -0.39 is 0 Å². The topological polar surface area (TPSA) is 68.8 Å². The number of aryl methyl sites for hydroxylation is 1. The van der Waals surface area contributed by atoms with Crippen LogP contribution in [0.3, 0.4) is 0 Å². The van der Waals surface area contributed by atoms with Crippen molar-refractivity contribution < 1.29 is 9.59 Å². The van der Waals surface area contributed by atoms with Gasteiger partial charge in [0.05, 0.1) is 0 Å². The standard InChI is InChI=1S/C25H30ClN5O2S/c1-2-23(32)31-15-19(16-31)29-8-10-30(11-9-29)24(33)6-5-18-13-20(17-3-4-17)21(26)14-22(18)28-25-27-7-12-34-25/h2,7,12-14,17,19H,1,3-6,8-11,15-16H2,(H,27,28). The van der Waals surface area contributed by atoms with Crippen molar-refractivity contribution in [2.75, 3.05) is 44.6 Å². The number of anilines is 2. The highest BCUT2D eigenvalue weighted by molar-refractivity contribution is 7.13. The first-order valence-corrected chi connectivity index (χ1v) is 13.2. The summed E-state index contributed by atoms with van der Waals surface area (Å²) in [5, 5.41) is 6.93. The lowest BCUT2D eigenvalue weighted by atomic mass is 10.0. The van der Waals surface area contributed by atoms with Crippen molar-refractivity contribution in [3.63, 3.8) is 0 Å². The van der Waals surface area contributed by atoms with Gasteiger partial charge in [0.1, 0.15) is 0 Å². The summed E-state index contributed by atoms with van der Waals surface area (Å²) in [6, 6.07) is 4.58. The van der Waals surface area contributed by atoms with E-state index in [1.807, 2.05) is 21.2 Å². The average molecular weight is 500 g/mol. The van der Waals surface area contributed by atoms with Gasteiger partial charge in [0.25, 0.3) is 0 Å². The number of carbonyl (C=O) groups excluding carboxylic acids is 2. The normalized spacial score (nSPS) is 19.1. The van der Waals surface area contributed by atoms with Crippen LogP contribution in [0, 0.1) is 0 Å². The third-order valence-corrected chi connectivity index (χ3v) is 8.07. The van der Waals surface area contributed by atoms with Gasteiger partial charge < -0.3 is 15.1 Å². The molecule has 5 rings (SSSR count). The van der Waals surface area contributed by atoms with E-state index in [0.717, 1.165) is 60.7 Å². The van der Waals surface area contributed by atoms with Crippen LogP contribution in [0.25, 0.3) is 0 Å². The maximum absolute atomic E-state index is 13.0. The number of carbonyl (C=O) groups is 2. The lowest BCUT2D eigenvalue weighted by molar-refractivity contribution is -0.136. The monoisotopic (exact) mass is 499 g/mol. The Balaban J connectivity index is 1.16. The molecule has 2 amide bonds. The fourth-order valence-corrected chi connectivity index (χ4v) is 5.66. The second-order valence-corrected chi connectivity index (χ2v) is 10.6. The van der Waals surface area contributed by atoms with Gasteiger partial charge in [0.2, 0.25) is 11.8 Å². The van der Waals surface area contributed by atoms with Crippen molar-refractivity contribution in [2.24, 2.45) is 0 Å². The molecule has 3 heterocycles. The van der Waals surface area contributed by atoms with Crippen molar-refractivity contribution in [2.45, 2.75) is 37.6 Å². The van der Waals surface area contributed by atoms with E-state index in [0.29, 0.717) is 24.8 Å². The average Bonchev–Trinajstić information content (AvgIpc) is 3.53. The van der Waals surface area contributed by atoms with E-state index in [1.165, 1.54) is 24.5 Å². The number of halogens is 1. The third-order valence-electron chi connectivity index (χ3n) is 7.05. The molecule has 7 nitrogen and oxygen atoms in total. The predicted octanol–water partition coefficient (Wildman–Crippen LogP) is 3.89. The summed E-state index contributed by atoms with van der Waals surface area (Å²) >= 11 is 8.13. The number of hydrogen-bond acceptors (Lipinski definition) is 6. The maximum Gasteiger partial charge on any atom is 0.246 e. The minimum atomic E-state index is 0.000764. The molecule has 2 aromatic rings. The highest BCUT2D eigenvalue weighted by atomic mass is 35.5. The number of nitrogens with one attached hydrogen (secondary N) is 1. The van der Waals surface area contributed by atoms with Crippen LogP contribution in [0.15, 0.2) is 36.4 Å². The van der Waals surface area contributed by atoms with Crippen molar-refractivity contribution in [3.05, 3.63) is 52.5 Å². The lowest BCUT2D eigenvalue weighted by Gasteiger charge is -2.47. The van der Waals surface area contributed by atoms with E-state index in [2.05, 4.69) is 27.8 Å². The number of amides is 2. The third kappa shape index (κ3) is 5.14. The van der Waals surface area contributed by atoms with Gasteiger partial charge in [-0.25, -0.2) is 4.98 Å². The maximum atomic E-state index is 13.0. The van der Waals surface area contributed by atoms with Crippen LogP contribution < -0.4 is 5.32 Å². The lowest BCUT2D eigenvalue weighted by Crippen LogP contribution is -2.64. The van der Waals surface area contributed by atoms with Crippen LogP contribution in [0.1, 0.15) is 36.3 Å². The van der Waals surface area contributed by atoms with Crippen LogP contribution in [0.5, 0.6) is 0 Å². The largest absolute Gasteiger partial charge is 0.340 e. The fraction of sp³-hybridized carbons (Fsp3) is 0.480. The smallest absolute Gasteiger partial charge is 0.246 e. The summed E-state index contributed by atoms with van der Waals surface area (Å²) in [5.41, 5.74) is 3.26. The first kappa shape index (κ1) is 23.3. The Bertz CT molecular complexity index is 1060. The summed E-state index contributed by atoms with van der Waals surface area (Å²) in [7, 11) is 0. The molecule has 1 saturated carbocycles. The van der Waals surface area contributed by atoms with Gasteiger partial charge in [0, 0.05) is 74.0 Å². The van der Waals surface area contributed by atoms with Crippen LogP contribution in [0.4, 0.5) is 10.8 Å². The zero-order chi connectivity index (χ0) is 23.7. The van der Waals surface area contributed by atoms with E-state index in [4.69, 9.17) is 11.6 Å². The second-order valence-electron chi connectivity index (χ2n) is 9.29. The fourth-order valence-electron chi connectivity index (χ4n) is 4.80. The summed E-state index contributed by atoms with van der Waals surface area (Å²) in [6.45, 7) is 8.26. The molecule has 2 aliphatic heterocycles. The molecule has 180 valence electrons. The number of aromatic nitrogens is 1. The summed E-state index contributed by atoms with van der Waals surface area (Å²) < 4.78 is 0. The van der Waals surface area contributed by atoms with Crippen LogP contribution in [-0.4, -0.2) is 76.8 Å². The number of hydrogen-bond donors (Lipinski definition) is 1. The molecule has 34 heavy (non-hydrogen) atoms. The Morgan fingerprint density at radius 2 is 1.94 bits per heavy atom.